The molecule has 0 atom stereocenters. The molecule has 0 rings (SSSR count). The Balaban J connectivity index is 4.41. The molecular weight excluding hydrogens is 194 g/mol. The summed E-state index contributed by atoms with van der Waals surface area (Å²) >= 11 is 1.19. The lowest BCUT2D eigenvalue weighted by molar-refractivity contribution is -0.421. The van der Waals surface area contributed by atoms with Crippen molar-refractivity contribution in [3.8, 4) is 0 Å². The fraction of sp³-hybridized carbons (Fsp3) is 0.571. The molecule has 0 aliphatic heterocycles. The lowest BCUT2D eigenvalue weighted by Gasteiger charge is -1.97. The fourth-order valence-electron chi connectivity index (χ4n) is 0.533. The second-order valence-electron chi connectivity index (χ2n) is 1.94. The molecule has 6 heteroatoms. The summed E-state index contributed by atoms with van der Waals surface area (Å²) in [5, 5.41) is 11.6. The first-order valence-electron chi connectivity index (χ1n) is 3.76. The molecule has 0 radical (unpaired) electrons. The molecule has 0 aliphatic rings. The SMILES string of the molecule is CCOC(=O)C(=CSCC)[N+](=O)[O-]. The minimum Gasteiger partial charge on any atom is -0.458 e. The molecular formula is C7H11NO4S. The number of hydrogen-bond acceptors (Lipinski definition) is 5. The Morgan fingerprint density at radius 2 is 2.23 bits per heavy atom. The highest BCUT2D eigenvalue weighted by Crippen LogP contribution is 2.08. The number of nitro groups is 1. The zero-order chi connectivity index (χ0) is 10.3. The van der Waals surface area contributed by atoms with Crippen LogP contribution in [0.4, 0.5) is 0 Å². The average molecular weight is 205 g/mol. The summed E-state index contributed by atoms with van der Waals surface area (Å²) in [6, 6.07) is 0. The van der Waals surface area contributed by atoms with Crippen LogP contribution in [-0.2, 0) is 9.53 Å². The van der Waals surface area contributed by atoms with Gasteiger partial charge in [0, 0.05) is 0 Å². The summed E-state index contributed by atoms with van der Waals surface area (Å²) in [6.45, 7) is 3.58. The zero-order valence-corrected chi connectivity index (χ0v) is 8.30. The van der Waals surface area contributed by atoms with Crippen LogP contribution in [-0.4, -0.2) is 23.3 Å². The highest BCUT2D eigenvalue weighted by atomic mass is 32.2. The molecule has 0 aliphatic carbocycles. The van der Waals surface area contributed by atoms with E-state index < -0.39 is 16.6 Å². The third kappa shape index (κ3) is 4.51. The Hall–Kier alpha value is -1.04. The second kappa shape index (κ2) is 6.47. The van der Waals surface area contributed by atoms with Crippen molar-refractivity contribution in [1.82, 2.24) is 0 Å². The molecule has 0 saturated heterocycles. The van der Waals surface area contributed by atoms with E-state index >= 15 is 0 Å². The summed E-state index contributed by atoms with van der Waals surface area (Å²) in [7, 11) is 0. The third-order valence-electron chi connectivity index (χ3n) is 1.04. The molecule has 0 aromatic heterocycles. The number of carbonyl (C=O) groups is 1. The molecule has 0 unspecified atom stereocenters. The Morgan fingerprint density at radius 1 is 1.62 bits per heavy atom. The van der Waals surface area contributed by atoms with Gasteiger partial charge in [0.25, 0.3) is 0 Å². The molecule has 0 amide bonds. The monoisotopic (exact) mass is 205 g/mol. The van der Waals surface area contributed by atoms with E-state index in [1.165, 1.54) is 17.2 Å². The van der Waals surface area contributed by atoms with E-state index in [0.717, 1.165) is 0 Å². The Morgan fingerprint density at radius 3 is 2.62 bits per heavy atom. The normalized spacial score (nSPS) is 11.1. The highest BCUT2D eigenvalue weighted by Gasteiger charge is 2.22. The molecule has 0 aromatic rings. The molecule has 0 spiro atoms. The number of hydrogen-bond donors (Lipinski definition) is 0. The van der Waals surface area contributed by atoms with Crippen LogP contribution >= 0.6 is 11.8 Å². The van der Waals surface area contributed by atoms with Crippen LogP contribution < -0.4 is 0 Å². The van der Waals surface area contributed by atoms with Crippen molar-refractivity contribution in [2.24, 2.45) is 0 Å². The van der Waals surface area contributed by atoms with Crippen molar-refractivity contribution in [3.05, 3.63) is 21.2 Å². The summed E-state index contributed by atoms with van der Waals surface area (Å²) in [5.41, 5.74) is -0.506. The minimum absolute atomic E-state index is 0.140. The van der Waals surface area contributed by atoms with Gasteiger partial charge in [-0.2, -0.15) is 0 Å². The van der Waals surface area contributed by atoms with Crippen LogP contribution in [0.2, 0.25) is 0 Å². The highest BCUT2D eigenvalue weighted by molar-refractivity contribution is 8.02. The molecule has 0 N–H and O–H groups in total. The van der Waals surface area contributed by atoms with Gasteiger partial charge in [0.1, 0.15) is 0 Å². The molecule has 0 fully saturated rings. The largest absolute Gasteiger partial charge is 0.458 e. The zero-order valence-electron chi connectivity index (χ0n) is 7.48. The van der Waals surface area contributed by atoms with Gasteiger partial charge in [-0.05, 0) is 12.7 Å². The van der Waals surface area contributed by atoms with Crippen molar-refractivity contribution in [3.63, 3.8) is 0 Å². The van der Waals surface area contributed by atoms with E-state index in [-0.39, 0.29) is 6.61 Å². The summed E-state index contributed by atoms with van der Waals surface area (Å²) < 4.78 is 4.50. The van der Waals surface area contributed by atoms with Crippen molar-refractivity contribution >= 4 is 17.7 Å². The van der Waals surface area contributed by atoms with Gasteiger partial charge in [-0.3, -0.25) is 10.1 Å². The first-order valence-corrected chi connectivity index (χ1v) is 4.81. The van der Waals surface area contributed by atoms with Crippen LogP contribution in [0, 0.1) is 10.1 Å². The van der Waals surface area contributed by atoms with Gasteiger partial charge in [0.2, 0.25) is 0 Å². The number of rotatable bonds is 5. The van der Waals surface area contributed by atoms with Gasteiger partial charge in [-0.25, -0.2) is 4.79 Å². The number of nitrogens with zero attached hydrogens (tertiary/aromatic N) is 1. The lowest BCUT2D eigenvalue weighted by atomic mass is 10.5. The quantitative estimate of drug-likeness (QED) is 0.294. The summed E-state index contributed by atoms with van der Waals surface area (Å²) in [6.07, 6.45) is 0. The molecule has 0 aromatic carbocycles. The van der Waals surface area contributed by atoms with Crippen molar-refractivity contribution < 1.29 is 14.5 Å². The minimum atomic E-state index is -0.881. The molecule has 13 heavy (non-hydrogen) atoms. The average Bonchev–Trinajstić information content (AvgIpc) is 2.05. The van der Waals surface area contributed by atoms with Crippen LogP contribution in [0.1, 0.15) is 13.8 Å². The maximum Gasteiger partial charge on any atom is 0.410 e. The van der Waals surface area contributed by atoms with Crippen LogP contribution in [0.5, 0.6) is 0 Å². The van der Waals surface area contributed by atoms with E-state index in [4.69, 9.17) is 0 Å². The summed E-state index contributed by atoms with van der Waals surface area (Å²) in [4.78, 5) is 20.6. The number of carbonyl (C=O) groups excluding carboxylic acids is 1. The fourth-order valence-corrected chi connectivity index (χ4v) is 1.04. The van der Waals surface area contributed by atoms with Crippen molar-refractivity contribution in [1.29, 1.82) is 0 Å². The standard InChI is InChI=1S/C7H11NO4S/c1-3-12-7(9)6(8(10)11)5-13-4-2/h5H,3-4H2,1-2H3. The first-order chi connectivity index (χ1) is 6.13. The maximum absolute atomic E-state index is 10.9. The van der Waals surface area contributed by atoms with Gasteiger partial charge in [-0.15, -0.1) is 11.8 Å². The predicted octanol–water partition coefficient (Wildman–Crippen LogP) is 1.42. The number of esters is 1. The Labute approximate surface area is 80.3 Å². The Kier molecular flexibility index (Phi) is 5.96. The second-order valence-corrected chi connectivity index (χ2v) is 3.08. The number of ether oxygens (including phenoxy) is 1. The molecule has 5 nitrogen and oxygen atoms in total. The van der Waals surface area contributed by atoms with E-state index in [2.05, 4.69) is 4.74 Å². The van der Waals surface area contributed by atoms with Crippen molar-refractivity contribution in [2.45, 2.75) is 13.8 Å². The predicted molar refractivity (Wildman–Crippen MR) is 49.8 cm³/mol. The smallest absolute Gasteiger partial charge is 0.410 e. The lowest BCUT2D eigenvalue weighted by Crippen LogP contribution is -2.14. The third-order valence-corrected chi connectivity index (χ3v) is 1.77. The van der Waals surface area contributed by atoms with E-state index in [1.54, 1.807) is 6.92 Å². The van der Waals surface area contributed by atoms with E-state index in [1.807, 2.05) is 6.92 Å². The van der Waals surface area contributed by atoms with Crippen LogP contribution in [0.3, 0.4) is 0 Å². The van der Waals surface area contributed by atoms with Crippen LogP contribution in [0.25, 0.3) is 0 Å². The van der Waals surface area contributed by atoms with Crippen molar-refractivity contribution in [2.75, 3.05) is 12.4 Å². The van der Waals surface area contributed by atoms with Gasteiger partial charge in [0.15, 0.2) is 0 Å². The topological polar surface area (TPSA) is 69.4 Å². The number of thioether (sulfide) groups is 1. The maximum atomic E-state index is 10.9. The molecule has 0 saturated carbocycles. The molecule has 0 bridgehead atoms. The van der Waals surface area contributed by atoms with Gasteiger partial charge >= 0.3 is 11.7 Å². The Bertz CT molecular complexity index is 227. The summed E-state index contributed by atoms with van der Waals surface area (Å²) in [5.74, 6) is -0.204. The van der Waals surface area contributed by atoms with E-state index in [0.29, 0.717) is 5.75 Å². The van der Waals surface area contributed by atoms with Gasteiger partial charge in [0.05, 0.1) is 16.9 Å². The van der Waals surface area contributed by atoms with E-state index in [9.17, 15) is 14.9 Å². The van der Waals surface area contributed by atoms with Gasteiger partial charge in [-0.1, -0.05) is 6.92 Å². The first kappa shape index (κ1) is 12.0. The van der Waals surface area contributed by atoms with Crippen LogP contribution in [0.15, 0.2) is 11.1 Å². The van der Waals surface area contributed by atoms with Gasteiger partial charge < -0.3 is 4.74 Å². The molecule has 0 heterocycles. The molecule has 74 valence electrons.